The Morgan fingerprint density at radius 2 is 1.96 bits per heavy atom. The van der Waals surface area contributed by atoms with Gasteiger partial charge in [-0.1, -0.05) is 47.5 Å². The lowest BCUT2D eigenvalue weighted by Crippen LogP contribution is -2.61. The van der Waals surface area contributed by atoms with Crippen molar-refractivity contribution in [1.29, 1.82) is 10.7 Å². The van der Waals surface area contributed by atoms with Crippen LogP contribution in [0.15, 0.2) is 53.5 Å². The van der Waals surface area contributed by atoms with E-state index in [0.717, 1.165) is 0 Å². The lowest BCUT2D eigenvalue weighted by molar-refractivity contribution is 0.244. The molecule has 2 aromatic carbocycles. The summed E-state index contributed by atoms with van der Waals surface area (Å²) in [7, 11) is 0. The van der Waals surface area contributed by atoms with Crippen LogP contribution in [-0.4, -0.2) is 30.2 Å². The molecule has 1 fully saturated rings. The summed E-state index contributed by atoms with van der Waals surface area (Å²) in [6.07, 6.45) is 1.48. The quantitative estimate of drug-likeness (QED) is 0.784. The van der Waals surface area contributed by atoms with Crippen molar-refractivity contribution in [3.63, 3.8) is 0 Å². The first-order chi connectivity index (χ1) is 12.5. The molecule has 8 heteroatoms. The second kappa shape index (κ2) is 7.56. The minimum atomic E-state index is -0.947. The number of nitrogens with zero attached hydrogens (tertiary/aromatic N) is 3. The van der Waals surface area contributed by atoms with Crippen LogP contribution in [0.4, 0.5) is 10.5 Å². The van der Waals surface area contributed by atoms with Crippen molar-refractivity contribution in [2.45, 2.75) is 12.1 Å². The number of hydrogen-bond donors (Lipinski definition) is 2. The summed E-state index contributed by atoms with van der Waals surface area (Å²) in [6.45, 7) is 0. The lowest BCUT2D eigenvalue weighted by Gasteiger charge is -2.34. The molecule has 2 unspecified atom stereocenters. The number of carbonyl (C=O) groups is 1. The highest BCUT2D eigenvalue weighted by Crippen LogP contribution is 2.22. The fraction of sp³-hybridized carbons (Fsp3) is 0.111. The van der Waals surface area contributed by atoms with E-state index < -0.39 is 18.1 Å². The zero-order valence-electron chi connectivity index (χ0n) is 13.4. The Morgan fingerprint density at radius 3 is 2.62 bits per heavy atom. The molecule has 0 aliphatic carbocycles. The molecule has 1 aliphatic heterocycles. The number of amidine groups is 1. The molecule has 0 bridgehead atoms. The molecule has 3 rings (SSSR count). The number of amides is 2. The van der Waals surface area contributed by atoms with E-state index in [9.17, 15) is 10.1 Å². The Hall–Kier alpha value is -2.88. The van der Waals surface area contributed by atoms with Gasteiger partial charge in [0.05, 0.1) is 16.8 Å². The van der Waals surface area contributed by atoms with E-state index in [-0.39, 0.29) is 5.84 Å². The van der Waals surface area contributed by atoms with Crippen LogP contribution in [0, 0.1) is 16.7 Å². The third-order valence-corrected chi connectivity index (χ3v) is 4.37. The average Bonchev–Trinajstić information content (AvgIpc) is 2.63. The number of carbonyl (C=O) groups excluding carboxylic acids is 1. The highest BCUT2D eigenvalue weighted by Gasteiger charge is 2.39. The van der Waals surface area contributed by atoms with Crippen LogP contribution in [0.2, 0.25) is 10.0 Å². The predicted octanol–water partition coefficient (Wildman–Crippen LogP) is 3.88. The maximum absolute atomic E-state index is 12.3. The fourth-order valence-corrected chi connectivity index (χ4v) is 2.99. The second-order valence-corrected chi connectivity index (χ2v) is 6.34. The van der Waals surface area contributed by atoms with E-state index in [1.54, 1.807) is 42.5 Å². The van der Waals surface area contributed by atoms with Gasteiger partial charge in [0, 0.05) is 16.8 Å². The molecular weight excluding hydrogens is 373 g/mol. The van der Waals surface area contributed by atoms with Crippen LogP contribution in [0.1, 0.15) is 5.56 Å². The monoisotopic (exact) mass is 385 g/mol. The summed E-state index contributed by atoms with van der Waals surface area (Å²) in [6, 6.07) is 13.3. The Labute approximate surface area is 160 Å². The molecule has 0 radical (unpaired) electrons. The first kappa shape index (κ1) is 17.9. The van der Waals surface area contributed by atoms with Crippen molar-refractivity contribution in [2.75, 3.05) is 4.90 Å². The lowest BCUT2D eigenvalue weighted by atomic mass is 10.0. The number of para-hydroxylation sites is 1. The Kier molecular flexibility index (Phi) is 5.21. The van der Waals surface area contributed by atoms with Gasteiger partial charge < -0.3 is 5.32 Å². The van der Waals surface area contributed by atoms with Crippen LogP contribution in [-0.2, 0) is 0 Å². The minimum Gasteiger partial charge on any atom is -0.319 e. The van der Waals surface area contributed by atoms with Crippen molar-refractivity contribution in [3.8, 4) is 6.07 Å². The van der Waals surface area contributed by atoms with Gasteiger partial charge in [-0.2, -0.15) is 5.26 Å². The molecule has 2 N–H and O–H groups in total. The van der Waals surface area contributed by atoms with Crippen LogP contribution < -0.4 is 10.2 Å². The maximum Gasteiger partial charge on any atom is 0.328 e. The van der Waals surface area contributed by atoms with Gasteiger partial charge in [0.25, 0.3) is 0 Å². The summed E-state index contributed by atoms with van der Waals surface area (Å²) in [4.78, 5) is 17.8. The summed E-state index contributed by atoms with van der Waals surface area (Å²) in [5.74, 6) is -0.0900. The molecule has 1 saturated heterocycles. The molecule has 130 valence electrons. The third kappa shape index (κ3) is 3.54. The first-order valence-electron chi connectivity index (χ1n) is 7.63. The van der Waals surface area contributed by atoms with Crippen LogP contribution in [0.5, 0.6) is 0 Å². The summed E-state index contributed by atoms with van der Waals surface area (Å²) in [5, 5.41) is 21.2. The molecule has 0 spiro atoms. The smallest absolute Gasteiger partial charge is 0.319 e. The minimum absolute atomic E-state index is 0.0900. The zero-order chi connectivity index (χ0) is 18.7. The van der Waals surface area contributed by atoms with E-state index in [2.05, 4.69) is 10.3 Å². The zero-order valence-corrected chi connectivity index (χ0v) is 14.9. The molecule has 6 nitrogen and oxygen atoms in total. The van der Waals surface area contributed by atoms with Crippen LogP contribution >= 0.6 is 23.2 Å². The molecule has 0 saturated carbocycles. The molecule has 26 heavy (non-hydrogen) atoms. The highest BCUT2D eigenvalue weighted by molar-refractivity contribution is 6.36. The number of hydrogen-bond acceptors (Lipinski definition) is 4. The number of halogens is 2. The van der Waals surface area contributed by atoms with Crippen molar-refractivity contribution < 1.29 is 4.79 Å². The normalized spacial score (nSPS) is 20.1. The Morgan fingerprint density at radius 1 is 1.23 bits per heavy atom. The number of rotatable bonds is 3. The first-order valence-corrected chi connectivity index (χ1v) is 8.39. The molecule has 0 aromatic heterocycles. The largest absolute Gasteiger partial charge is 0.328 e. The fourth-order valence-electron chi connectivity index (χ4n) is 2.54. The molecule has 2 aromatic rings. The maximum atomic E-state index is 12.3. The van der Waals surface area contributed by atoms with E-state index in [1.807, 2.05) is 12.1 Å². The van der Waals surface area contributed by atoms with Gasteiger partial charge in [-0.3, -0.25) is 10.4 Å². The molecule has 1 aliphatic rings. The molecule has 2 amide bonds. The topological polar surface area (TPSA) is 92.3 Å². The van der Waals surface area contributed by atoms with Gasteiger partial charge in [0.15, 0.2) is 0 Å². The Balaban J connectivity index is 1.93. The standard InChI is InChI=1S/C18H13Cl2N5O/c19-12-7-6-11(14(20)8-12)10-23-16-15(9-21)24-18(26)25(17(16)22)13-4-2-1-3-5-13/h1-8,10,15-16,22H,(H,24,26). The van der Waals surface area contributed by atoms with Crippen molar-refractivity contribution in [3.05, 3.63) is 64.1 Å². The summed E-state index contributed by atoms with van der Waals surface area (Å²) in [5.41, 5.74) is 1.12. The Bertz CT molecular complexity index is 923. The van der Waals surface area contributed by atoms with Gasteiger partial charge >= 0.3 is 6.03 Å². The predicted molar refractivity (Wildman–Crippen MR) is 102 cm³/mol. The number of urea groups is 1. The average molecular weight is 386 g/mol. The van der Waals surface area contributed by atoms with E-state index >= 15 is 0 Å². The van der Waals surface area contributed by atoms with Crippen molar-refractivity contribution in [2.24, 2.45) is 4.99 Å². The van der Waals surface area contributed by atoms with Crippen LogP contribution in [0.3, 0.4) is 0 Å². The highest BCUT2D eigenvalue weighted by atomic mass is 35.5. The van der Waals surface area contributed by atoms with E-state index in [4.69, 9.17) is 28.6 Å². The number of anilines is 1. The van der Waals surface area contributed by atoms with Gasteiger partial charge in [-0.05, 0) is 24.3 Å². The van der Waals surface area contributed by atoms with Gasteiger partial charge in [0.2, 0.25) is 0 Å². The summed E-state index contributed by atoms with van der Waals surface area (Å²) < 4.78 is 0. The van der Waals surface area contributed by atoms with Crippen LogP contribution in [0.25, 0.3) is 0 Å². The number of nitrogens with one attached hydrogen (secondary N) is 2. The molecule has 2 atom stereocenters. The SMILES string of the molecule is N#CC1NC(=O)N(c2ccccc2)C(=N)C1N=Cc1ccc(Cl)cc1Cl. The van der Waals surface area contributed by atoms with Gasteiger partial charge in [0.1, 0.15) is 17.9 Å². The van der Waals surface area contributed by atoms with E-state index in [1.165, 1.54) is 11.1 Å². The molecule has 1 heterocycles. The van der Waals surface area contributed by atoms with Crippen molar-refractivity contribution in [1.82, 2.24) is 5.32 Å². The number of aliphatic imine (C=N–C) groups is 1. The number of benzene rings is 2. The van der Waals surface area contributed by atoms with E-state index in [0.29, 0.717) is 21.3 Å². The van der Waals surface area contributed by atoms with Gasteiger partial charge in [-0.25, -0.2) is 9.69 Å². The third-order valence-electron chi connectivity index (χ3n) is 3.81. The van der Waals surface area contributed by atoms with Gasteiger partial charge in [-0.15, -0.1) is 0 Å². The molecular formula is C18H13Cl2N5O. The summed E-state index contributed by atoms with van der Waals surface area (Å²) >= 11 is 12.0. The second-order valence-electron chi connectivity index (χ2n) is 5.50. The number of nitriles is 1. The van der Waals surface area contributed by atoms with Crippen molar-refractivity contribution >= 4 is 47.0 Å².